The monoisotopic (exact) mass is 333 g/mol. The average Bonchev–Trinajstić information content (AvgIpc) is 3.09. The third-order valence-corrected chi connectivity index (χ3v) is 4.04. The standard InChI is InChI=1S/C13H17BrFNO3/c1-17-13(18-2,6-5-11-12(16)19-11)9-4-3-8(15)7-10(9)14/h3-4,7,11-12H,5-6,16H2,1-2H3. The summed E-state index contributed by atoms with van der Waals surface area (Å²) in [6.07, 6.45) is 1.14. The lowest BCUT2D eigenvalue weighted by atomic mass is 9.99. The summed E-state index contributed by atoms with van der Waals surface area (Å²) < 4.78 is 30.0. The van der Waals surface area contributed by atoms with Crippen molar-refractivity contribution in [3.05, 3.63) is 34.1 Å². The summed E-state index contributed by atoms with van der Waals surface area (Å²) in [4.78, 5) is 0. The molecule has 1 aromatic carbocycles. The summed E-state index contributed by atoms with van der Waals surface area (Å²) in [5.41, 5.74) is 6.35. The fourth-order valence-corrected chi connectivity index (χ4v) is 2.81. The Morgan fingerprint density at radius 3 is 2.53 bits per heavy atom. The molecule has 1 fully saturated rings. The largest absolute Gasteiger partial charge is 0.353 e. The Balaban J connectivity index is 2.21. The highest BCUT2D eigenvalue weighted by Gasteiger charge is 2.40. The summed E-state index contributed by atoms with van der Waals surface area (Å²) in [5.74, 6) is -1.25. The van der Waals surface area contributed by atoms with E-state index in [0.29, 0.717) is 17.3 Å². The van der Waals surface area contributed by atoms with Crippen molar-refractivity contribution in [2.45, 2.75) is 31.0 Å². The zero-order valence-corrected chi connectivity index (χ0v) is 12.4. The van der Waals surface area contributed by atoms with Gasteiger partial charge in [-0.1, -0.05) is 15.9 Å². The van der Waals surface area contributed by atoms with Gasteiger partial charge in [0.05, 0.1) is 6.10 Å². The summed E-state index contributed by atoms with van der Waals surface area (Å²) >= 11 is 3.34. The lowest BCUT2D eigenvalue weighted by molar-refractivity contribution is -0.221. The highest BCUT2D eigenvalue weighted by Crippen LogP contribution is 2.38. The van der Waals surface area contributed by atoms with Gasteiger partial charge in [0.25, 0.3) is 0 Å². The van der Waals surface area contributed by atoms with E-state index < -0.39 is 5.79 Å². The van der Waals surface area contributed by atoms with E-state index in [1.54, 1.807) is 20.3 Å². The van der Waals surface area contributed by atoms with Gasteiger partial charge in [-0.2, -0.15) is 0 Å². The van der Waals surface area contributed by atoms with Gasteiger partial charge < -0.3 is 19.9 Å². The van der Waals surface area contributed by atoms with Gasteiger partial charge >= 0.3 is 0 Å². The number of ether oxygens (including phenoxy) is 3. The van der Waals surface area contributed by atoms with Crippen molar-refractivity contribution >= 4 is 15.9 Å². The molecule has 1 aliphatic rings. The molecular formula is C13H17BrFNO3. The molecule has 0 bridgehead atoms. The van der Waals surface area contributed by atoms with E-state index in [2.05, 4.69) is 15.9 Å². The topological polar surface area (TPSA) is 57.0 Å². The number of nitrogens with two attached hydrogens (primary N) is 1. The van der Waals surface area contributed by atoms with Crippen LogP contribution in [0.2, 0.25) is 0 Å². The number of rotatable bonds is 6. The molecule has 2 rings (SSSR count). The van der Waals surface area contributed by atoms with E-state index in [9.17, 15) is 4.39 Å². The number of halogens is 2. The molecule has 0 saturated carbocycles. The van der Waals surface area contributed by atoms with Crippen molar-refractivity contribution in [3.63, 3.8) is 0 Å². The third-order valence-electron chi connectivity index (χ3n) is 3.38. The maximum atomic E-state index is 13.2. The van der Waals surface area contributed by atoms with E-state index in [1.165, 1.54) is 12.1 Å². The van der Waals surface area contributed by atoms with Crippen LogP contribution < -0.4 is 5.73 Å². The van der Waals surface area contributed by atoms with Crippen molar-refractivity contribution in [1.29, 1.82) is 0 Å². The van der Waals surface area contributed by atoms with E-state index in [1.807, 2.05) is 0 Å². The summed E-state index contributed by atoms with van der Waals surface area (Å²) in [6.45, 7) is 0. The Hall–Kier alpha value is -0.530. The molecule has 2 unspecified atom stereocenters. The van der Waals surface area contributed by atoms with Gasteiger partial charge in [-0.25, -0.2) is 4.39 Å². The minimum Gasteiger partial charge on any atom is -0.353 e. The van der Waals surface area contributed by atoms with Crippen LogP contribution in [-0.4, -0.2) is 26.6 Å². The maximum Gasteiger partial charge on any atom is 0.195 e. The molecule has 106 valence electrons. The predicted octanol–water partition coefficient (Wildman–Crippen LogP) is 2.50. The van der Waals surface area contributed by atoms with Gasteiger partial charge in [-0.3, -0.25) is 0 Å². The molecule has 1 aliphatic heterocycles. The molecule has 0 aliphatic carbocycles. The number of hydrogen-bond donors (Lipinski definition) is 1. The van der Waals surface area contributed by atoms with Crippen LogP contribution in [0.4, 0.5) is 4.39 Å². The molecule has 0 amide bonds. The van der Waals surface area contributed by atoms with Gasteiger partial charge in [0, 0.05) is 30.7 Å². The fraction of sp³-hybridized carbons (Fsp3) is 0.538. The first-order valence-electron chi connectivity index (χ1n) is 5.99. The number of hydrogen-bond acceptors (Lipinski definition) is 4. The first-order chi connectivity index (χ1) is 9.02. The second-order valence-electron chi connectivity index (χ2n) is 4.46. The van der Waals surface area contributed by atoms with Gasteiger partial charge in [0.1, 0.15) is 12.0 Å². The number of epoxide rings is 1. The van der Waals surface area contributed by atoms with Crippen molar-refractivity contribution in [1.82, 2.24) is 0 Å². The summed E-state index contributed by atoms with van der Waals surface area (Å²) in [7, 11) is 3.12. The smallest absolute Gasteiger partial charge is 0.195 e. The van der Waals surface area contributed by atoms with Gasteiger partial charge in [0.15, 0.2) is 5.79 Å². The minimum atomic E-state index is -0.932. The third kappa shape index (κ3) is 3.14. The Morgan fingerprint density at radius 2 is 2.05 bits per heavy atom. The summed E-state index contributed by atoms with van der Waals surface area (Å²) in [6, 6.07) is 4.42. The van der Waals surface area contributed by atoms with Crippen LogP contribution in [0.5, 0.6) is 0 Å². The van der Waals surface area contributed by atoms with Crippen molar-refractivity contribution in [2.75, 3.05) is 14.2 Å². The molecule has 0 radical (unpaired) electrons. The van der Waals surface area contributed by atoms with Crippen LogP contribution in [0.3, 0.4) is 0 Å². The summed E-state index contributed by atoms with van der Waals surface area (Å²) in [5, 5.41) is 0. The van der Waals surface area contributed by atoms with Crippen LogP contribution >= 0.6 is 15.9 Å². The first kappa shape index (κ1) is 14.9. The van der Waals surface area contributed by atoms with Gasteiger partial charge in [0.2, 0.25) is 0 Å². The normalized spacial score (nSPS) is 22.6. The molecule has 19 heavy (non-hydrogen) atoms. The van der Waals surface area contributed by atoms with Crippen molar-refractivity contribution in [2.24, 2.45) is 5.73 Å². The molecule has 0 spiro atoms. The van der Waals surface area contributed by atoms with E-state index in [4.69, 9.17) is 19.9 Å². The lowest BCUT2D eigenvalue weighted by Gasteiger charge is -2.32. The fourth-order valence-electron chi connectivity index (χ4n) is 2.16. The van der Waals surface area contributed by atoms with Crippen molar-refractivity contribution in [3.8, 4) is 0 Å². The molecule has 1 saturated heterocycles. The average molecular weight is 334 g/mol. The maximum absolute atomic E-state index is 13.2. The predicted molar refractivity (Wildman–Crippen MR) is 71.9 cm³/mol. The Labute approximate surface area is 120 Å². The van der Waals surface area contributed by atoms with E-state index in [-0.39, 0.29) is 18.1 Å². The first-order valence-corrected chi connectivity index (χ1v) is 6.78. The lowest BCUT2D eigenvalue weighted by Crippen LogP contribution is -2.32. The Morgan fingerprint density at radius 1 is 1.42 bits per heavy atom. The van der Waals surface area contributed by atoms with Crippen molar-refractivity contribution < 1.29 is 18.6 Å². The molecular weight excluding hydrogens is 317 g/mol. The van der Waals surface area contributed by atoms with Crippen LogP contribution in [0.15, 0.2) is 22.7 Å². The molecule has 4 nitrogen and oxygen atoms in total. The Kier molecular flexibility index (Phi) is 4.58. The molecule has 2 atom stereocenters. The number of benzene rings is 1. The second-order valence-corrected chi connectivity index (χ2v) is 5.32. The zero-order valence-electron chi connectivity index (χ0n) is 10.9. The molecule has 0 aromatic heterocycles. The zero-order chi connectivity index (χ0) is 14.0. The van der Waals surface area contributed by atoms with E-state index in [0.717, 1.165) is 5.56 Å². The minimum absolute atomic E-state index is 0.0453. The second kappa shape index (κ2) is 5.85. The SMILES string of the molecule is COC(CCC1OC1N)(OC)c1ccc(F)cc1Br. The molecule has 6 heteroatoms. The van der Waals surface area contributed by atoms with Crippen LogP contribution in [0.1, 0.15) is 18.4 Å². The molecule has 1 aromatic rings. The van der Waals surface area contributed by atoms with Crippen LogP contribution in [0.25, 0.3) is 0 Å². The molecule has 1 heterocycles. The van der Waals surface area contributed by atoms with E-state index >= 15 is 0 Å². The quantitative estimate of drug-likeness (QED) is 0.642. The van der Waals surface area contributed by atoms with Crippen LogP contribution in [-0.2, 0) is 20.0 Å². The highest BCUT2D eigenvalue weighted by molar-refractivity contribution is 9.10. The van der Waals surface area contributed by atoms with Crippen LogP contribution in [0, 0.1) is 5.82 Å². The van der Waals surface area contributed by atoms with Gasteiger partial charge in [-0.05, 0) is 24.6 Å². The Bertz CT molecular complexity index is 454. The van der Waals surface area contributed by atoms with Gasteiger partial charge in [-0.15, -0.1) is 0 Å². The number of methoxy groups -OCH3 is 2. The highest BCUT2D eigenvalue weighted by atomic mass is 79.9. The molecule has 2 N–H and O–H groups in total.